The molecule has 58 valence electrons. The summed E-state index contributed by atoms with van der Waals surface area (Å²) in [5.74, 6) is 0.149. The number of hydrogen-bond acceptors (Lipinski definition) is 2. The van der Waals surface area contributed by atoms with Crippen LogP contribution in [-0.2, 0) is 6.42 Å². The summed E-state index contributed by atoms with van der Waals surface area (Å²) >= 11 is 0. The van der Waals surface area contributed by atoms with E-state index >= 15 is 0 Å². The molecule has 0 bridgehead atoms. The van der Waals surface area contributed by atoms with Gasteiger partial charge in [-0.1, -0.05) is 11.5 Å². The van der Waals surface area contributed by atoms with E-state index in [2.05, 4.69) is 4.98 Å². The zero-order valence-corrected chi connectivity index (χ0v) is 6.71. The Morgan fingerprint density at radius 2 is 2.25 bits per heavy atom. The molecule has 0 saturated carbocycles. The van der Waals surface area contributed by atoms with Gasteiger partial charge in [-0.15, -0.1) is 0 Å². The predicted molar refractivity (Wildman–Crippen MR) is 46.9 cm³/mol. The molecular formula is C9H8BNO. The van der Waals surface area contributed by atoms with E-state index in [0.29, 0.717) is 17.6 Å². The Kier molecular flexibility index (Phi) is 1.72. The van der Waals surface area contributed by atoms with Gasteiger partial charge in [0.05, 0.1) is 0 Å². The van der Waals surface area contributed by atoms with Crippen LogP contribution in [0.1, 0.15) is 28.9 Å². The molecule has 0 aliphatic heterocycles. The van der Waals surface area contributed by atoms with E-state index in [9.17, 15) is 4.79 Å². The molecule has 0 saturated heterocycles. The van der Waals surface area contributed by atoms with Crippen LogP contribution in [0.2, 0.25) is 0 Å². The van der Waals surface area contributed by atoms with Crippen molar-refractivity contribution < 1.29 is 4.79 Å². The Morgan fingerprint density at radius 1 is 1.42 bits per heavy atom. The number of fused-ring (bicyclic) bond motifs is 1. The van der Waals surface area contributed by atoms with E-state index in [1.165, 1.54) is 0 Å². The minimum absolute atomic E-state index is 0.149. The zero-order chi connectivity index (χ0) is 8.55. The van der Waals surface area contributed by atoms with Crippen LogP contribution in [-0.4, -0.2) is 18.6 Å². The third kappa shape index (κ3) is 1.15. The van der Waals surface area contributed by atoms with Gasteiger partial charge in [-0.05, 0) is 18.4 Å². The fraction of sp³-hybridized carbons (Fsp3) is 0.333. The third-order valence-electron chi connectivity index (χ3n) is 2.10. The number of pyridine rings is 1. The van der Waals surface area contributed by atoms with Crippen molar-refractivity contribution in [1.29, 1.82) is 0 Å². The van der Waals surface area contributed by atoms with Gasteiger partial charge >= 0.3 is 0 Å². The van der Waals surface area contributed by atoms with Crippen molar-refractivity contribution in [2.24, 2.45) is 0 Å². The summed E-state index contributed by atoms with van der Waals surface area (Å²) in [7, 11) is 5.55. The summed E-state index contributed by atoms with van der Waals surface area (Å²) in [5, 5.41) is 0. The maximum absolute atomic E-state index is 11.3. The molecule has 0 unspecified atom stereocenters. The fourth-order valence-electron chi connectivity index (χ4n) is 1.53. The van der Waals surface area contributed by atoms with Crippen molar-refractivity contribution in [2.45, 2.75) is 19.3 Å². The molecule has 1 aromatic heterocycles. The number of hydrogen-bond donors (Lipinski definition) is 0. The minimum Gasteiger partial charge on any atom is -0.292 e. The van der Waals surface area contributed by atoms with Crippen molar-refractivity contribution in [1.82, 2.24) is 4.98 Å². The van der Waals surface area contributed by atoms with Crippen LogP contribution in [0, 0.1) is 0 Å². The summed E-state index contributed by atoms with van der Waals surface area (Å²) in [6, 6.07) is 1.85. The second kappa shape index (κ2) is 2.74. The summed E-state index contributed by atoms with van der Waals surface area (Å²) in [6.07, 6.45) is 4.03. The van der Waals surface area contributed by atoms with E-state index < -0.39 is 0 Å². The Bertz CT molecular complexity index is 335. The van der Waals surface area contributed by atoms with Crippen molar-refractivity contribution >= 4 is 19.1 Å². The lowest BCUT2D eigenvalue weighted by molar-refractivity contribution is 0.0967. The highest BCUT2D eigenvalue weighted by Crippen LogP contribution is 2.17. The molecule has 0 N–H and O–H groups in total. The monoisotopic (exact) mass is 157 g/mol. The summed E-state index contributed by atoms with van der Waals surface area (Å²) in [6.45, 7) is 0. The average Bonchev–Trinajstić information content (AvgIpc) is 2.04. The van der Waals surface area contributed by atoms with Gasteiger partial charge in [0.25, 0.3) is 0 Å². The largest absolute Gasteiger partial charge is 0.292 e. The number of carbonyl (C=O) groups excluding carboxylic acids is 1. The van der Waals surface area contributed by atoms with Gasteiger partial charge in [-0.2, -0.15) is 0 Å². The predicted octanol–water partition coefficient (Wildman–Crippen LogP) is 0.394. The second-order valence-corrected chi connectivity index (χ2v) is 3.05. The number of aryl methyl sites for hydroxylation is 1. The molecular weight excluding hydrogens is 149 g/mol. The zero-order valence-electron chi connectivity index (χ0n) is 6.71. The second-order valence-electron chi connectivity index (χ2n) is 3.05. The molecule has 1 aliphatic carbocycles. The maximum Gasteiger partial charge on any atom is 0.181 e. The minimum atomic E-state index is 0.149. The molecule has 0 spiro atoms. The Labute approximate surface area is 72.4 Å². The molecule has 0 fully saturated rings. The highest BCUT2D eigenvalue weighted by Gasteiger charge is 2.17. The summed E-state index contributed by atoms with van der Waals surface area (Å²) in [5.41, 5.74) is 2.27. The maximum atomic E-state index is 11.3. The first kappa shape index (κ1) is 7.53. The number of rotatable bonds is 0. The third-order valence-corrected chi connectivity index (χ3v) is 2.10. The molecule has 3 heteroatoms. The van der Waals surface area contributed by atoms with Crippen LogP contribution in [0.3, 0.4) is 0 Å². The highest BCUT2D eigenvalue weighted by atomic mass is 16.1. The number of ketones is 1. The molecule has 2 nitrogen and oxygen atoms in total. The molecule has 12 heavy (non-hydrogen) atoms. The first-order valence-electron chi connectivity index (χ1n) is 4.05. The van der Waals surface area contributed by atoms with Crippen LogP contribution < -0.4 is 5.46 Å². The number of aromatic nitrogens is 1. The van der Waals surface area contributed by atoms with Crippen molar-refractivity contribution in [3.05, 3.63) is 23.5 Å². The van der Waals surface area contributed by atoms with Crippen LogP contribution >= 0.6 is 0 Å². The molecule has 0 amide bonds. The lowest BCUT2D eigenvalue weighted by Crippen LogP contribution is -2.17. The first-order valence-corrected chi connectivity index (χ1v) is 4.05. The van der Waals surface area contributed by atoms with E-state index in [1.807, 2.05) is 6.07 Å². The van der Waals surface area contributed by atoms with E-state index in [0.717, 1.165) is 18.4 Å². The molecule has 2 rings (SSSR count). The number of Topliss-reactive ketones (excluding diaryl/α,β-unsaturated/α-hetero) is 1. The first-order chi connectivity index (χ1) is 5.77. The Hall–Kier alpha value is -1.12. The average molecular weight is 157 g/mol. The molecule has 1 heterocycles. The lowest BCUT2D eigenvalue weighted by atomic mass is 9.89. The number of nitrogens with zero attached hydrogens (tertiary/aromatic N) is 1. The standard InChI is InChI=1S/C9H8BNO/c10-7-4-6-2-1-3-8(12)9(6)11-5-7/h4-5H,1-3H2. The number of carbonyl (C=O) groups is 1. The summed E-state index contributed by atoms with van der Waals surface area (Å²) < 4.78 is 0. The van der Waals surface area contributed by atoms with Gasteiger partial charge in [-0.25, -0.2) is 0 Å². The van der Waals surface area contributed by atoms with Crippen molar-refractivity contribution in [2.75, 3.05) is 0 Å². The van der Waals surface area contributed by atoms with Gasteiger partial charge in [0.15, 0.2) is 5.78 Å². The van der Waals surface area contributed by atoms with E-state index in [4.69, 9.17) is 7.85 Å². The van der Waals surface area contributed by atoms with Gasteiger partial charge in [0, 0.05) is 12.6 Å². The fourth-order valence-corrected chi connectivity index (χ4v) is 1.53. The quantitative estimate of drug-likeness (QED) is 0.510. The topological polar surface area (TPSA) is 30.0 Å². The summed E-state index contributed by atoms with van der Waals surface area (Å²) in [4.78, 5) is 15.3. The molecule has 1 aromatic rings. The van der Waals surface area contributed by atoms with Crippen LogP contribution in [0.4, 0.5) is 0 Å². The van der Waals surface area contributed by atoms with Crippen molar-refractivity contribution in [3.63, 3.8) is 0 Å². The normalized spacial score (nSPS) is 15.8. The van der Waals surface area contributed by atoms with Crippen LogP contribution in [0.15, 0.2) is 12.3 Å². The molecule has 0 aromatic carbocycles. The Balaban J connectivity index is 2.53. The van der Waals surface area contributed by atoms with Crippen LogP contribution in [0.25, 0.3) is 0 Å². The molecule has 1 aliphatic rings. The van der Waals surface area contributed by atoms with Gasteiger partial charge in [0.2, 0.25) is 0 Å². The van der Waals surface area contributed by atoms with E-state index in [1.54, 1.807) is 6.20 Å². The van der Waals surface area contributed by atoms with Crippen molar-refractivity contribution in [3.8, 4) is 0 Å². The highest BCUT2D eigenvalue weighted by molar-refractivity contribution is 6.32. The van der Waals surface area contributed by atoms with Gasteiger partial charge < -0.3 is 0 Å². The lowest BCUT2D eigenvalue weighted by Gasteiger charge is -2.13. The molecule has 2 radical (unpaired) electrons. The van der Waals surface area contributed by atoms with Gasteiger partial charge in [-0.3, -0.25) is 9.78 Å². The Morgan fingerprint density at radius 3 is 3.08 bits per heavy atom. The van der Waals surface area contributed by atoms with Crippen LogP contribution in [0.5, 0.6) is 0 Å². The molecule has 0 atom stereocenters. The SMILES string of the molecule is [B]c1cnc2c(c1)CCCC2=O. The smallest absolute Gasteiger partial charge is 0.181 e. The van der Waals surface area contributed by atoms with E-state index in [-0.39, 0.29) is 5.78 Å². The van der Waals surface area contributed by atoms with Gasteiger partial charge in [0.1, 0.15) is 13.5 Å².